The third-order valence-corrected chi connectivity index (χ3v) is 2.79. The Morgan fingerprint density at radius 3 is 2.68 bits per heavy atom. The first-order valence-electron chi connectivity index (χ1n) is 5.81. The lowest BCUT2D eigenvalue weighted by Gasteiger charge is -2.16. The maximum Gasteiger partial charge on any atom is 0.253 e. The van der Waals surface area contributed by atoms with E-state index in [1.807, 2.05) is 6.07 Å². The molecule has 1 aromatic carbocycles. The summed E-state index contributed by atoms with van der Waals surface area (Å²) in [7, 11) is 1.60. The zero-order chi connectivity index (χ0) is 13.8. The molecule has 0 aliphatic rings. The second kappa shape index (κ2) is 5.65. The van der Waals surface area contributed by atoms with Crippen molar-refractivity contribution in [2.45, 2.75) is 6.42 Å². The summed E-state index contributed by atoms with van der Waals surface area (Å²) >= 11 is 0. The number of furan rings is 1. The Hall–Kier alpha value is -2.17. The molecular weight excluding hydrogens is 252 g/mol. The van der Waals surface area contributed by atoms with E-state index in [1.54, 1.807) is 19.4 Å². The van der Waals surface area contributed by atoms with Gasteiger partial charge in [0.15, 0.2) is 11.6 Å². The molecule has 0 aliphatic carbocycles. The van der Waals surface area contributed by atoms with Gasteiger partial charge in [-0.05, 0) is 30.3 Å². The molecule has 0 saturated heterocycles. The number of likely N-dealkylation sites (N-methyl/N-ethyl adjacent to an activating group) is 1. The lowest BCUT2D eigenvalue weighted by molar-refractivity contribution is 0.0794. The highest BCUT2D eigenvalue weighted by Crippen LogP contribution is 2.11. The van der Waals surface area contributed by atoms with Crippen LogP contribution in [0.4, 0.5) is 8.78 Å². The molecule has 0 bridgehead atoms. The van der Waals surface area contributed by atoms with Gasteiger partial charge in [0.1, 0.15) is 5.76 Å². The fourth-order valence-electron chi connectivity index (χ4n) is 1.68. The number of amides is 1. The van der Waals surface area contributed by atoms with E-state index in [-0.39, 0.29) is 11.5 Å². The molecule has 5 heteroatoms. The van der Waals surface area contributed by atoms with Crippen LogP contribution >= 0.6 is 0 Å². The Labute approximate surface area is 109 Å². The van der Waals surface area contributed by atoms with Gasteiger partial charge in [-0.25, -0.2) is 8.78 Å². The van der Waals surface area contributed by atoms with Gasteiger partial charge in [0.2, 0.25) is 0 Å². The fraction of sp³-hybridized carbons (Fsp3) is 0.214. The van der Waals surface area contributed by atoms with E-state index in [0.717, 1.165) is 17.9 Å². The number of carbonyl (C=O) groups excluding carboxylic acids is 1. The summed E-state index contributed by atoms with van der Waals surface area (Å²) in [4.78, 5) is 13.4. The second-order valence-corrected chi connectivity index (χ2v) is 4.18. The lowest BCUT2D eigenvalue weighted by atomic mass is 10.2. The summed E-state index contributed by atoms with van der Waals surface area (Å²) in [6.07, 6.45) is 2.13. The molecule has 0 aliphatic heterocycles. The largest absolute Gasteiger partial charge is 0.469 e. The van der Waals surface area contributed by atoms with Gasteiger partial charge in [0.05, 0.1) is 6.26 Å². The molecule has 100 valence electrons. The van der Waals surface area contributed by atoms with Gasteiger partial charge in [-0.2, -0.15) is 0 Å². The van der Waals surface area contributed by atoms with E-state index < -0.39 is 11.6 Å². The Bertz CT molecular complexity index is 567. The van der Waals surface area contributed by atoms with Crippen molar-refractivity contribution in [2.75, 3.05) is 13.6 Å². The zero-order valence-corrected chi connectivity index (χ0v) is 10.4. The SMILES string of the molecule is CN(CCc1ccco1)C(=O)c1ccc(F)c(F)c1. The average Bonchev–Trinajstić information content (AvgIpc) is 2.91. The molecular formula is C14H13F2NO2. The van der Waals surface area contributed by atoms with Crippen molar-refractivity contribution < 1.29 is 18.0 Å². The second-order valence-electron chi connectivity index (χ2n) is 4.18. The first kappa shape index (κ1) is 13.3. The molecule has 1 heterocycles. The normalized spacial score (nSPS) is 10.5. The third-order valence-electron chi connectivity index (χ3n) is 2.79. The number of halogens is 2. The fourth-order valence-corrected chi connectivity index (χ4v) is 1.68. The van der Waals surface area contributed by atoms with E-state index in [2.05, 4.69) is 0 Å². The molecule has 0 atom stereocenters. The number of benzene rings is 1. The monoisotopic (exact) mass is 265 g/mol. The maximum absolute atomic E-state index is 13.1. The molecule has 0 fully saturated rings. The summed E-state index contributed by atoms with van der Waals surface area (Å²) in [5.74, 6) is -1.57. The lowest BCUT2D eigenvalue weighted by Crippen LogP contribution is -2.28. The molecule has 2 aromatic rings. The number of carbonyl (C=O) groups is 1. The van der Waals surface area contributed by atoms with Crippen LogP contribution in [0.1, 0.15) is 16.1 Å². The third kappa shape index (κ3) is 3.19. The van der Waals surface area contributed by atoms with Gasteiger partial charge in [-0.3, -0.25) is 4.79 Å². The molecule has 1 amide bonds. The van der Waals surface area contributed by atoms with E-state index >= 15 is 0 Å². The smallest absolute Gasteiger partial charge is 0.253 e. The van der Waals surface area contributed by atoms with Crippen LogP contribution < -0.4 is 0 Å². The van der Waals surface area contributed by atoms with E-state index in [0.29, 0.717) is 13.0 Å². The Morgan fingerprint density at radius 2 is 2.05 bits per heavy atom. The maximum atomic E-state index is 13.1. The summed E-state index contributed by atoms with van der Waals surface area (Å²) in [5.41, 5.74) is 0.126. The average molecular weight is 265 g/mol. The van der Waals surface area contributed by atoms with Crippen molar-refractivity contribution in [3.63, 3.8) is 0 Å². The molecule has 0 N–H and O–H groups in total. The summed E-state index contributed by atoms with van der Waals surface area (Å²) in [5, 5.41) is 0. The number of nitrogens with zero attached hydrogens (tertiary/aromatic N) is 1. The summed E-state index contributed by atoms with van der Waals surface area (Å²) < 4.78 is 31.0. The Kier molecular flexibility index (Phi) is 3.94. The van der Waals surface area contributed by atoms with Crippen LogP contribution in [0.25, 0.3) is 0 Å². The van der Waals surface area contributed by atoms with Gasteiger partial charge >= 0.3 is 0 Å². The molecule has 0 spiro atoms. The van der Waals surface area contributed by atoms with Crippen molar-refractivity contribution in [2.24, 2.45) is 0 Å². The quantitative estimate of drug-likeness (QED) is 0.851. The molecule has 0 radical (unpaired) electrons. The van der Waals surface area contributed by atoms with Gasteiger partial charge < -0.3 is 9.32 Å². The van der Waals surface area contributed by atoms with Crippen LogP contribution in [0.3, 0.4) is 0 Å². The Balaban J connectivity index is 2.00. The Morgan fingerprint density at radius 1 is 1.26 bits per heavy atom. The standard InChI is InChI=1S/C14H13F2NO2/c1-17(7-6-11-3-2-8-19-11)14(18)10-4-5-12(15)13(16)9-10/h2-5,8-9H,6-7H2,1H3. The minimum atomic E-state index is -1.02. The summed E-state index contributed by atoms with van der Waals surface area (Å²) in [6, 6.07) is 6.70. The van der Waals surface area contributed by atoms with Gasteiger partial charge in [0, 0.05) is 25.6 Å². The highest BCUT2D eigenvalue weighted by Gasteiger charge is 2.14. The minimum Gasteiger partial charge on any atom is -0.469 e. The molecule has 3 nitrogen and oxygen atoms in total. The first-order chi connectivity index (χ1) is 9.08. The molecule has 1 aromatic heterocycles. The van der Waals surface area contributed by atoms with Crippen LogP contribution in [-0.4, -0.2) is 24.4 Å². The van der Waals surface area contributed by atoms with Crippen molar-refractivity contribution in [1.82, 2.24) is 4.90 Å². The first-order valence-corrected chi connectivity index (χ1v) is 5.81. The van der Waals surface area contributed by atoms with Crippen molar-refractivity contribution >= 4 is 5.91 Å². The van der Waals surface area contributed by atoms with Crippen LogP contribution in [0.2, 0.25) is 0 Å². The molecule has 19 heavy (non-hydrogen) atoms. The number of hydrogen-bond acceptors (Lipinski definition) is 2. The molecule has 0 saturated carbocycles. The predicted octanol–water partition coefficient (Wildman–Crippen LogP) is 2.87. The van der Waals surface area contributed by atoms with Crippen LogP contribution in [0.5, 0.6) is 0 Å². The summed E-state index contributed by atoms with van der Waals surface area (Å²) in [6.45, 7) is 0.436. The van der Waals surface area contributed by atoms with Gasteiger partial charge in [0.25, 0.3) is 5.91 Å². The predicted molar refractivity (Wildman–Crippen MR) is 65.7 cm³/mol. The van der Waals surface area contributed by atoms with E-state index in [4.69, 9.17) is 4.42 Å². The molecule has 0 unspecified atom stereocenters. The molecule has 2 rings (SSSR count). The van der Waals surface area contributed by atoms with Crippen LogP contribution in [-0.2, 0) is 6.42 Å². The number of hydrogen-bond donors (Lipinski definition) is 0. The highest BCUT2D eigenvalue weighted by atomic mass is 19.2. The van der Waals surface area contributed by atoms with Gasteiger partial charge in [-0.1, -0.05) is 0 Å². The van der Waals surface area contributed by atoms with Crippen LogP contribution in [0.15, 0.2) is 41.0 Å². The highest BCUT2D eigenvalue weighted by molar-refractivity contribution is 5.94. The van der Waals surface area contributed by atoms with E-state index in [1.165, 1.54) is 11.0 Å². The van der Waals surface area contributed by atoms with Crippen molar-refractivity contribution in [3.8, 4) is 0 Å². The van der Waals surface area contributed by atoms with Gasteiger partial charge in [-0.15, -0.1) is 0 Å². The zero-order valence-electron chi connectivity index (χ0n) is 10.4. The minimum absolute atomic E-state index is 0.126. The number of rotatable bonds is 4. The van der Waals surface area contributed by atoms with Crippen molar-refractivity contribution in [1.29, 1.82) is 0 Å². The topological polar surface area (TPSA) is 33.5 Å². The van der Waals surface area contributed by atoms with Crippen LogP contribution in [0, 0.1) is 11.6 Å². The van der Waals surface area contributed by atoms with Crippen molar-refractivity contribution in [3.05, 3.63) is 59.6 Å². The van der Waals surface area contributed by atoms with E-state index in [9.17, 15) is 13.6 Å².